The smallest absolute Gasteiger partial charge is 0.223 e. The van der Waals surface area contributed by atoms with Gasteiger partial charge in [0.2, 0.25) is 11.8 Å². The first-order chi connectivity index (χ1) is 12.6. The Morgan fingerprint density at radius 3 is 3.00 bits per heavy atom. The molecule has 2 saturated heterocycles. The van der Waals surface area contributed by atoms with E-state index in [0.29, 0.717) is 39.1 Å². The normalized spacial score (nSPS) is 25.3. The van der Waals surface area contributed by atoms with E-state index in [4.69, 9.17) is 9.15 Å². The minimum atomic E-state index is -0.334. The lowest BCUT2D eigenvalue weighted by molar-refractivity contribution is -0.131. The van der Waals surface area contributed by atoms with E-state index in [-0.39, 0.29) is 23.3 Å². The Bertz CT molecular complexity index is 797. The molecule has 2 unspecified atom stereocenters. The van der Waals surface area contributed by atoms with Crippen molar-refractivity contribution in [1.29, 1.82) is 0 Å². The zero-order chi connectivity index (χ0) is 18.1. The van der Waals surface area contributed by atoms with Crippen LogP contribution in [-0.4, -0.2) is 48.6 Å². The average Bonchev–Trinajstić information content (AvgIpc) is 3.19. The molecule has 2 atom stereocenters. The Balaban J connectivity index is 1.41. The SMILES string of the molecule is CC(=O)NC12CCOCC1CN(C(=O)CCc1cc3ccccc3o1)C2. The van der Waals surface area contributed by atoms with E-state index in [1.165, 1.54) is 6.92 Å². The van der Waals surface area contributed by atoms with E-state index < -0.39 is 0 Å². The van der Waals surface area contributed by atoms with Crippen molar-refractivity contribution in [3.8, 4) is 0 Å². The number of nitrogens with one attached hydrogen (secondary N) is 1. The minimum Gasteiger partial charge on any atom is -0.461 e. The summed E-state index contributed by atoms with van der Waals surface area (Å²) < 4.78 is 11.4. The third-order valence-corrected chi connectivity index (χ3v) is 5.55. The van der Waals surface area contributed by atoms with E-state index >= 15 is 0 Å². The lowest BCUT2D eigenvalue weighted by Gasteiger charge is -2.38. The highest BCUT2D eigenvalue weighted by Crippen LogP contribution is 2.35. The zero-order valence-corrected chi connectivity index (χ0v) is 15.0. The van der Waals surface area contributed by atoms with Crippen LogP contribution in [0.2, 0.25) is 0 Å². The predicted octanol–water partition coefficient (Wildman–Crippen LogP) is 2.12. The van der Waals surface area contributed by atoms with Crippen molar-refractivity contribution in [1.82, 2.24) is 10.2 Å². The van der Waals surface area contributed by atoms with Crippen LogP contribution in [0.25, 0.3) is 11.0 Å². The molecular formula is C20H24N2O4. The third-order valence-electron chi connectivity index (χ3n) is 5.55. The maximum Gasteiger partial charge on any atom is 0.223 e. The van der Waals surface area contributed by atoms with Gasteiger partial charge in [0.15, 0.2) is 0 Å². The first kappa shape index (κ1) is 17.1. The van der Waals surface area contributed by atoms with Crippen molar-refractivity contribution in [2.45, 2.75) is 31.7 Å². The summed E-state index contributed by atoms with van der Waals surface area (Å²) in [5.74, 6) is 1.05. The maximum atomic E-state index is 12.7. The summed E-state index contributed by atoms with van der Waals surface area (Å²) in [5, 5.41) is 4.16. The van der Waals surface area contributed by atoms with Gasteiger partial charge in [0, 0.05) is 50.8 Å². The molecule has 2 amide bonds. The number of likely N-dealkylation sites (tertiary alicyclic amines) is 1. The number of para-hydroxylation sites is 1. The lowest BCUT2D eigenvalue weighted by atomic mass is 9.83. The highest BCUT2D eigenvalue weighted by Gasteiger charge is 2.50. The molecule has 6 heteroatoms. The van der Waals surface area contributed by atoms with E-state index in [1.54, 1.807) is 0 Å². The van der Waals surface area contributed by atoms with Gasteiger partial charge in [-0.3, -0.25) is 9.59 Å². The summed E-state index contributed by atoms with van der Waals surface area (Å²) in [4.78, 5) is 26.3. The Morgan fingerprint density at radius 2 is 2.19 bits per heavy atom. The molecule has 6 nitrogen and oxygen atoms in total. The topological polar surface area (TPSA) is 71.8 Å². The van der Waals surface area contributed by atoms with Gasteiger partial charge >= 0.3 is 0 Å². The number of ether oxygens (including phenoxy) is 1. The highest BCUT2D eigenvalue weighted by atomic mass is 16.5. The highest BCUT2D eigenvalue weighted by molar-refractivity contribution is 5.79. The van der Waals surface area contributed by atoms with Crippen molar-refractivity contribution in [2.24, 2.45) is 5.92 Å². The predicted molar refractivity (Wildman–Crippen MR) is 96.6 cm³/mol. The van der Waals surface area contributed by atoms with Crippen LogP contribution in [0.15, 0.2) is 34.7 Å². The molecule has 3 heterocycles. The van der Waals surface area contributed by atoms with Crippen LogP contribution in [-0.2, 0) is 20.7 Å². The first-order valence-electron chi connectivity index (χ1n) is 9.17. The Hall–Kier alpha value is -2.34. The summed E-state index contributed by atoms with van der Waals surface area (Å²) in [7, 11) is 0. The first-order valence-corrected chi connectivity index (χ1v) is 9.17. The van der Waals surface area contributed by atoms with Gasteiger partial charge in [0.1, 0.15) is 11.3 Å². The van der Waals surface area contributed by atoms with Crippen molar-refractivity contribution >= 4 is 22.8 Å². The Kier molecular flexibility index (Phi) is 4.44. The number of aryl methyl sites for hydroxylation is 1. The summed E-state index contributed by atoms with van der Waals surface area (Å²) >= 11 is 0. The second-order valence-electron chi connectivity index (χ2n) is 7.38. The Labute approximate surface area is 152 Å². The second kappa shape index (κ2) is 6.76. The summed E-state index contributed by atoms with van der Waals surface area (Å²) in [6, 6.07) is 9.85. The van der Waals surface area contributed by atoms with Crippen molar-refractivity contribution in [3.63, 3.8) is 0 Å². The standard InChI is InChI=1S/C20H24N2O4/c1-14(23)21-20-8-9-25-12-16(20)11-22(13-20)19(24)7-6-17-10-15-4-2-3-5-18(15)26-17/h2-5,10,16H,6-9,11-13H2,1H3,(H,21,23). The number of hydrogen-bond acceptors (Lipinski definition) is 4. The summed E-state index contributed by atoms with van der Waals surface area (Å²) in [6.45, 7) is 3.96. The Morgan fingerprint density at radius 1 is 1.35 bits per heavy atom. The zero-order valence-electron chi connectivity index (χ0n) is 15.0. The number of amides is 2. The van der Waals surface area contributed by atoms with E-state index in [2.05, 4.69) is 5.32 Å². The second-order valence-corrected chi connectivity index (χ2v) is 7.38. The molecule has 2 aliphatic rings. The van der Waals surface area contributed by atoms with Gasteiger partial charge in [-0.05, 0) is 18.6 Å². The monoisotopic (exact) mass is 356 g/mol. The summed E-state index contributed by atoms with van der Waals surface area (Å²) in [5.41, 5.74) is 0.517. The molecule has 1 aromatic carbocycles. The molecule has 2 fully saturated rings. The third kappa shape index (κ3) is 3.21. The van der Waals surface area contributed by atoms with Gasteiger partial charge in [-0.1, -0.05) is 18.2 Å². The molecular weight excluding hydrogens is 332 g/mol. The van der Waals surface area contributed by atoms with Crippen LogP contribution < -0.4 is 5.32 Å². The van der Waals surface area contributed by atoms with Crippen LogP contribution in [0.4, 0.5) is 0 Å². The number of benzene rings is 1. The number of nitrogens with zero attached hydrogens (tertiary/aromatic N) is 1. The molecule has 138 valence electrons. The molecule has 4 rings (SSSR count). The molecule has 1 aromatic heterocycles. The number of rotatable bonds is 4. The van der Waals surface area contributed by atoms with Gasteiger partial charge in [0.05, 0.1) is 12.1 Å². The van der Waals surface area contributed by atoms with Gasteiger partial charge in [-0.2, -0.15) is 0 Å². The molecule has 0 bridgehead atoms. The average molecular weight is 356 g/mol. The molecule has 26 heavy (non-hydrogen) atoms. The number of furan rings is 1. The van der Waals surface area contributed by atoms with E-state index in [9.17, 15) is 9.59 Å². The lowest BCUT2D eigenvalue weighted by Crippen LogP contribution is -2.57. The molecule has 0 aliphatic carbocycles. The van der Waals surface area contributed by atoms with Gasteiger partial charge in [0.25, 0.3) is 0 Å². The van der Waals surface area contributed by atoms with Crippen LogP contribution in [0.1, 0.15) is 25.5 Å². The maximum absolute atomic E-state index is 12.7. The number of fused-ring (bicyclic) bond motifs is 2. The fourth-order valence-electron chi connectivity index (χ4n) is 4.24. The fraction of sp³-hybridized carbons (Fsp3) is 0.500. The van der Waals surface area contributed by atoms with Gasteiger partial charge < -0.3 is 19.4 Å². The molecule has 2 aromatic rings. The number of carbonyl (C=O) groups is 2. The summed E-state index contributed by atoms with van der Waals surface area (Å²) in [6.07, 6.45) is 1.74. The molecule has 2 aliphatic heterocycles. The van der Waals surface area contributed by atoms with Crippen LogP contribution in [0.5, 0.6) is 0 Å². The van der Waals surface area contributed by atoms with Gasteiger partial charge in [-0.25, -0.2) is 0 Å². The van der Waals surface area contributed by atoms with Crippen molar-refractivity contribution in [2.75, 3.05) is 26.3 Å². The quantitative estimate of drug-likeness (QED) is 0.911. The number of hydrogen-bond donors (Lipinski definition) is 1. The van der Waals surface area contributed by atoms with Crippen molar-refractivity contribution < 1.29 is 18.7 Å². The van der Waals surface area contributed by atoms with E-state index in [0.717, 1.165) is 23.2 Å². The fourth-order valence-corrected chi connectivity index (χ4v) is 4.24. The van der Waals surface area contributed by atoms with Crippen LogP contribution in [0, 0.1) is 5.92 Å². The van der Waals surface area contributed by atoms with Crippen molar-refractivity contribution in [3.05, 3.63) is 36.1 Å². The minimum absolute atomic E-state index is 0.0477. The molecule has 0 radical (unpaired) electrons. The van der Waals surface area contributed by atoms with Crippen LogP contribution in [0.3, 0.4) is 0 Å². The van der Waals surface area contributed by atoms with Crippen LogP contribution >= 0.6 is 0 Å². The van der Waals surface area contributed by atoms with Gasteiger partial charge in [-0.15, -0.1) is 0 Å². The number of carbonyl (C=O) groups excluding carboxylic acids is 2. The van der Waals surface area contributed by atoms with E-state index in [1.807, 2.05) is 35.2 Å². The molecule has 0 spiro atoms. The largest absolute Gasteiger partial charge is 0.461 e. The molecule has 1 N–H and O–H groups in total. The molecule has 0 saturated carbocycles.